The maximum Gasteiger partial charge on any atom is 0.269 e. The molecule has 6 nitrogen and oxygen atoms in total. The van der Waals surface area contributed by atoms with Gasteiger partial charge in [0.1, 0.15) is 5.69 Å². The quantitative estimate of drug-likeness (QED) is 0.772. The van der Waals surface area contributed by atoms with E-state index in [0.29, 0.717) is 18.8 Å². The van der Waals surface area contributed by atoms with Crippen LogP contribution in [0.5, 0.6) is 0 Å². The zero-order valence-corrected chi connectivity index (χ0v) is 10.4. The topological polar surface area (TPSA) is 64.7 Å². The lowest BCUT2D eigenvalue weighted by molar-refractivity contribution is 0.0942. The van der Waals surface area contributed by atoms with E-state index in [1.807, 2.05) is 17.7 Å². The third-order valence-electron chi connectivity index (χ3n) is 2.69. The largest absolute Gasteiger partial charge is 0.351 e. The van der Waals surface area contributed by atoms with E-state index in [0.717, 1.165) is 13.0 Å². The predicted molar refractivity (Wildman–Crippen MR) is 67.1 cm³/mol. The summed E-state index contributed by atoms with van der Waals surface area (Å²) in [6.07, 6.45) is 7.95. The molecule has 2 heterocycles. The summed E-state index contributed by atoms with van der Waals surface area (Å²) in [6, 6.07) is 1.73. The molecule has 2 aromatic rings. The molecule has 0 bridgehead atoms. The number of nitrogens with one attached hydrogen (secondary N) is 1. The van der Waals surface area contributed by atoms with Gasteiger partial charge in [-0.15, -0.1) is 0 Å². The van der Waals surface area contributed by atoms with Crippen molar-refractivity contribution in [1.29, 1.82) is 0 Å². The van der Waals surface area contributed by atoms with Crippen molar-refractivity contribution in [3.63, 3.8) is 0 Å². The van der Waals surface area contributed by atoms with Crippen LogP contribution in [0.25, 0.3) is 0 Å². The summed E-state index contributed by atoms with van der Waals surface area (Å²) in [5, 5.41) is 6.96. The van der Waals surface area contributed by atoms with Crippen LogP contribution in [0.1, 0.15) is 23.8 Å². The number of nitrogens with zero attached hydrogens (tertiary/aromatic N) is 4. The highest BCUT2D eigenvalue weighted by Crippen LogP contribution is 1.98. The normalized spacial score (nSPS) is 10.5. The lowest BCUT2D eigenvalue weighted by Crippen LogP contribution is -2.27. The molecule has 2 aromatic heterocycles. The number of hydrogen-bond acceptors (Lipinski definition) is 3. The molecule has 0 saturated heterocycles. The number of aromatic nitrogens is 4. The minimum absolute atomic E-state index is 0.0695. The Labute approximate surface area is 106 Å². The van der Waals surface area contributed by atoms with Gasteiger partial charge in [0, 0.05) is 38.2 Å². The average Bonchev–Trinajstić information content (AvgIpc) is 3.04. The van der Waals surface area contributed by atoms with Gasteiger partial charge in [0.2, 0.25) is 0 Å². The lowest BCUT2D eigenvalue weighted by Gasteiger charge is -2.07. The van der Waals surface area contributed by atoms with Crippen LogP contribution in [0, 0.1) is 0 Å². The number of rotatable bonds is 6. The molecule has 0 atom stereocenters. The first-order chi connectivity index (χ1) is 8.81. The maximum atomic E-state index is 11.9. The number of hydrogen-bond donors (Lipinski definition) is 1. The molecule has 1 N–H and O–H groups in total. The molecule has 0 aliphatic heterocycles. The van der Waals surface area contributed by atoms with Crippen molar-refractivity contribution < 1.29 is 4.79 Å². The van der Waals surface area contributed by atoms with E-state index in [1.54, 1.807) is 29.5 Å². The van der Waals surface area contributed by atoms with E-state index in [2.05, 4.69) is 15.4 Å². The van der Waals surface area contributed by atoms with Crippen LogP contribution in [0.4, 0.5) is 0 Å². The highest BCUT2D eigenvalue weighted by atomic mass is 16.2. The molecule has 0 fully saturated rings. The van der Waals surface area contributed by atoms with E-state index < -0.39 is 0 Å². The standard InChI is InChI=1S/C12H17N5O/c1-2-17-11(4-6-15-17)12(18)14-5-3-8-16-9-7-13-10-16/h4,6-7,9-10H,2-3,5,8H2,1H3,(H,14,18). The van der Waals surface area contributed by atoms with Gasteiger partial charge in [-0.3, -0.25) is 9.48 Å². The number of carbonyl (C=O) groups excluding carboxylic acids is 1. The van der Waals surface area contributed by atoms with Gasteiger partial charge in [0.15, 0.2) is 0 Å². The molecule has 18 heavy (non-hydrogen) atoms. The molecule has 0 saturated carbocycles. The average molecular weight is 247 g/mol. The highest BCUT2D eigenvalue weighted by molar-refractivity contribution is 5.92. The third kappa shape index (κ3) is 2.97. The summed E-state index contributed by atoms with van der Waals surface area (Å²) in [6.45, 7) is 4.16. The summed E-state index contributed by atoms with van der Waals surface area (Å²) in [5.74, 6) is -0.0695. The molecule has 96 valence electrons. The fourth-order valence-corrected chi connectivity index (χ4v) is 1.75. The maximum absolute atomic E-state index is 11.9. The van der Waals surface area contributed by atoms with E-state index in [9.17, 15) is 4.79 Å². The molecule has 0 unspecified atom stereocenters. The summed E-state index contributed by atoms with van der Waals surface area (Å²) in [7, 11) is 0. The second-order valence-corrected chi connectivity index (χ2v) is 3.94. The van der Waals surface area contributed by atoms with Crippen LogP contribution in [0.3, 0.4) is 0 Å². The molecule has 1 amide bonds. The highest BCUT2D eigenvalue weighted by Gasteiger charge is 2.09. The van der Waals surface area contributed by atoms with Gasteiger partial charge in [-0.1, -0.05) is 0 Å². The van der Waals surface area contributed by atoms with Crippen molar-refractivity contribution in [2.75, 3.05) is 6.54 Å². The van der Waals surface area contributed by atoms with Gasteiger partial charge < -0.3 is 9.88 Å². The van der Waals surface area contributed by atoms with Crippen LogP contribution in [-0.2, 0) is 13.1 Å². The van der Waals surface area contributed by atoms with Crippen molar-refractivity contribution >= 4 is 5.91 Å². The molecule has 2 rings (SSSR count). The Balaban J connectivity index is 1.75. The fourth-order valence-electron chi connectivity index (χ4n) is 1.75. The lowest BCUT2D eigenvalue weighted by atomic mass is 10.3. The van der Waals surface area contributed by atoms with Crippen LogP contribution >= 0.6 is 0 Å². The van der Waals surface area contributed by atoms with Crippen molar-refractivity contribution in [2.24, 2.45) is 0 Å². The second kappa shape index (κ2) is 6.00. The van der Waals surface area contributed by atoms with Crippen LogP contribution in [-0.4, -0.2) is 31.8 Å². The van der Waals surface area contributed by atoms with Crippen LogP contribution in [0.2, 0.25) is 0 Å². The Morgan fingerprint density at radius 2 is 2.33 bits per heavy atom. The molecular weight excluding hydrogens is 230 g/mol. The van der Waals surface area contributed by atoms with E-state index in [4.69, 9.17) is 0 Å². The summed E-state index contributed by atoms with van der Waals surface area (Å²) in [5.41, 5.74) is 0.611. The van der Waals surface area contributed by atoms with Gasteiger partial charge in [0.25, 0.3) is 5.91 Å². The van der Waals surface area contributed by atoms with Crippen molar-refractivity contribution in [3.8, 4) is 0 Å². The Hall–Kier alpha value is -2.11. The van der Waals surface area contributed by atoms with Crippen molar-refractivity contribution in [2.45, 2.75) is 26.4 Å². The molecule has 0 aromatic carbocycles. The summed E-state index contributed by atoms with van der Waals surface area (Å²) >= 11 is 0. The molecule has 0 radical (unpaired) electrons. The minimum Gasteiger partial charge on any atom is -0.351 e. The third-order valence-corrected chi connectivity index (χ3v) is 2.69. The van der Waals surface area contributed by atoms with Crippen LogP contribution in [0.15, 0.2) is 31.0 Å². The van der Waals surface area contributed by atoms with Crippen LogP contribution < -0.4 is 5.32 Å². The second-order valence-electron chi connectivity index (χ2n) is 3.94. The first-order valence-corrected chi connectivity index (χ1v) is 6.07. The summed E-state index contributed by atoms with van der Waals surface area (Å²) in [4.78, 5) is 15.8. The molecule has 0 aliphatic carbocycles. The Kier molecular flexibility index (Phi) is 4.11. The molecular formula is C12H17N5O. The predicted octanol–water partition coefficient (Wildman–Crippen LogP) is 0.920. The van der Waals surface area contributed by atoms with Crippen molar-refractivity contribution in [3.05, 3.63) is 36.7 Å². The zero-order valence-electron chi connectivity index (χ0n) is 10.4. The van der Waals surface area contributed by atoms with Gasteiger partial charge in [-0.25, -0.2) is 4.98 Å². The van der Waals surface area contributed by atoms with E-state index >= 15 is 0 Å². The SMILES string of the molecule is CCn1nccc1C(=O)NCCCn1ccnc1. The Morgan fingerprint density at radius 3 is 3.06 bits per heavy atom. The Morgan fingerprint density at radius 1 is 1.44 bits per heavy atom. The first-order valence-electron chi connectivity index (χ1n) is 6.07. The number of amides is 1. The summed E-state index contributed by atoms with van der Waals surface area (Å²) < 4.78 is 3.67. The number of imidazole rings is 1. The van der Waals surface area contributed by atoms with Gasteiger partial charge in [-0.05, 0) is 19.4 Å². The van der Waals surface area contributed by atoms with Crippen molar-refractivity contribution in [1.82, 2.24) is 24.6 Å². The first kappa shape index (κ1) is 12.3. The van der Waals surface area contributed by atoms with Gasteiger partial charge in [0.05, 0.1) is 6.33 Å². The molecule has 0 spiro atoms. The van der Waals surface area contributed by atoms with Gasteiger partial charge >= 0.3 is 0 Å². The van der Waals surface area contributed by atoms with E-state index in [-0.39, 0.29) is 5.91 Å². The Bertz CT molecular complexity index is 488. The number of aryl methyl sites for hydroxylation is 2. The van der Waals surface area contributed by atoms with E-state index in [1.165, 1.54) is 0 Å². The molecule has 0 aliphatic rings. The fraction of sp³-hybridized carbons (Fsp3) is 0.417. The zero-order chi connectivity index (χ0) is 12.8. The smallest absolute Gasteiger partial charge is 0.269 e. The van der Waals surface area contributed by atoms with Gasteiger partial charge in [-0.2, -0.15) is 5.10 Å². The monoisotopic (exact) mass is 247 g/mol. The number of carbonyl (C=O) groups is 1. The molecule has 6 heteroatoms. The minimum atomic E-state index is -0.0695.